The summed E-state index contributed by atoms with van der Waals surface area (Å²) < 4.78 is 33.8. The molecule has 2 aromatic carbocycles. The normalized spacial score (nSPS) is 13.6. The summed E-state index contributed by atoms with van der Waals surface area (Å²) in [5, 5.41) is 4.70. The highest BCUT2D eigenvalue weighted by molar-refractivity contribution is 7.93. The van der Waals surface area contributed by atoms with E-state index in [4.69, 9.17) is 0 Å². The smallest absolute Gasteiger partial charge is 0.263 e. The van der Waals surface area contributed by atoms with Crippen molar-refractivity contribution in [2.45, 2.75) is 17.9 Å². The summed E-state index contributed by atoms with van der Waals surface area (Å²) in [5.74, 6) is 0. The van der Waals surface area contributed by atoms with Crippen molar-refractivity contribution in [3.05, 3.63) is 60.0 Å². The zero-order valence-electron chi connectivity index (χ0n) is 16.1. The third-order valence-corrected chi connectivity index (χ3v) is 7.33. The Labute approximate surface area is 184 Å². The van der Waals surface area contributed by atoms with E-state index in [0.29, 0.717) is 0 Å². The molecule has 0 aliphatic carbocycles. The average Bonchev–Trinajstić information content (AvgIpc) is 3.35. The number of aromatic nitrogens is 3. The predicted molar refractivity (Wildman–Crippen MR) is 122 cm³/mol. The molecule has 30 heavy (non-hydrogen) atoms. The van der Waals surface area contributed by atoms with Gasteiger partial charge < -0.3 is 9.88 Å². The molecule has 5 rings (SSSR count). The second-order valence-electron chi connectivity index (χ2n) is 7.05. The van der Waals surface area contributed by atoms with Crippen molar-refractivity contribution in [2.24, 2.45) is 7.05 Å². The molecule has 3 heterocycles. The van der Waals surface area contributed by atoms with E-state index in [-0.39, 0.29) is 22.4 Å². The van der Waals surface area contributed by atoms with Crippen LogP contribution in [0.15, 0.2) is 53.8 Å². The van der Waals surface area contributed by atoms with Gasteiger partial charge in [0, 0.05) is 47.8 Å². The number of benzene rings is 2. The van der Waals surface area contributed by atoms with Crippen LogP contribution in [-0.2, 0) is 30.0 Å². The Balaban J connectivity index is 0.00000218. The van der Waals surface area contributed by atoms with Crippen LogP contribution in [0.5, 0.6) is 0 Å². The molecule has 0 bridgehead atoms. The molecule has 0 radical (unpaired) electrons. The minimum absolute atomic E-state index is 0. The maximum Gasteiger partial charge on any atom is 0.263 e. The van der Waals surface area contributed by atoms with Crippen LogP contribution < -0.4 is 10.0 Å². The summed E-state index contributed by atoms with van der Waals surface area (Å²) in [6, 6.07) is 11.6. The van der Waals surface area contributed by atoms with Crippen molar-refractivity contribution in [1.29, 1.82) is 0 Å². The van der Waals surface area contributed by atoms with E-state index in [1.807, 2.05) is 17.7 Å². The molecular formula is C20H20ClN5O2S2. The van der Waals surface area contributed by atoms with Gasteiger partial charge in [-0.2, -0.15) is 4.37 Å². The molecule has 0 saturated carbocycles. The molecule has 10 heteroatoms. The van der Waals surface area contributed by atoms with Crippen LogP contribution in [0.4, 0.5) is 5.13 Å². The van der Waals surface area contributed by atoms with Crippen molar-refractivity contribution in [3.8, 4) is 11.1 Å². The Morgan fingerprint density at radius 1 is 1.20 bits per heavy atom. The summed E-state index contributed by atoms with van der Waals surface area (Å²) in [7, 11) is -1.78. The number of aryl methyl sites for hydroxylation is 1. The quantitative estimate of drug-likeness (QED) is 0.485. The van der Waals surface area contributed by atoms with Gasteiger partial charge in [0.25, 0.3) is 10.0 Å². The van der Waals surface area contributed by atoms with Gasteiger partial charge in [0.1, 0.15) is 6.33 Å². The first-order valence-electron chi connectivity index (χ1n) is 9.23. The first kappa shape index (κ1) is 20.8. The Hall–Kier alpha value is -2.46. The van der Waals surface area contributed by atoms with Crippen molar-refractivity contribution < 1.29 is 8.42 Å². The molecule has 0 saturated heterocycles. The fourth-order valence-electron chi connectivity index (χ4n) is 3.92. The number of hydrogen-bond acceptors (Lipinski definition) is 6. The summed E-state index contributed by atoms with van der Waals surface area (Å²) in [6.45, 7) is 1.85. The SMILES string of the molecule is Cl.Cn1cc(-c2cccc3c2CCNC3)c2ccc(S(=O)(=O)Nc3ncns3)cc21. The Bertz CT molecular complexity index is 1320. The standard InChI is InChI=1S/C20H19N5O2S2.ClH/c1-25-11-18(16-4-2-3-13-10-21-8-7-15(13)16)17-6-5-14(9-19(17)25)29(26,27)24-20-22-12-23-28-20;/h2-6,9,11-12,21H,7-8,10H2,1H3,(H,22,23,24);1H. The zero-order chi connectivity index (χ0) is 20.0. The number of nitrogens with zero attached hydrogens (tertiary/aromatic N) is 3. The lowest BCUT2D eigenvalue weighted by Crippen LogP contribution is -2.23. The molecule has 0 atom stereocenters. The Morgan fingerprint density at radius 3 is 2.87 bits per heavy atom. The van der Waals surface area contributed by atoms with E-state index in [9.17, 15) is 8.42 Å². The topological polar surface area (TPSA) is 88.9 Å². The summed E-state index contributed by atoms with van der Waals surface area (Å²) in [5.41, 5.74) is 5.91. The van der Waals surface area contributed by atoms with Gasteiger partial charge >= 0.3 is 0 Å². The van der Waals surface area contributed by atoms with E-state index in [2.05, 4.69) is 43.8 Å². The number of sulfonamides is 1. The first-order chi connectivity index (χ1) is 14.0. The lowest BCUT2D eigenvalue weighted by atomic mass is 9.91. The van der Waals surface area contributed by atoms with Gasteiger partial charge in [-0.05, 0) is 41.8 Å². The molecule has 1 aliphatic heterocycles. The van der Waals surface area contributed by atoms with Gasteiger partial charge in [-0.25, -0.2) is 13.4 Å². The monoisotopic (exact) mass is 461 g/mol. The molecular weight excluding hydrogens is 442 g/mol. The van der Waals surface area contributed by atoms with Crippen molar-refractivity contribution in [1.82, 2.24) is 19.2 Å². The van der Waals surface area contributed by atoms with Crippen LogP contribution in [0, 0.1) is 0 Å². The van der Waals surface area contributed by atoms with Crippen LogP contribution >= 0.6 is 23.9 Å². The maximum atomic E-state index is 12.7. The minimum atomic E-state index is -3.72. The highest BCUT2D eigenvalue weighted by Crippen LogP contribution is 2.35. The zero-order valence-corrected chi connectivity index (χ0v) is 18.6. The van der Waals surface area contributed by atoms with Crippen LogP contribution in [0.25, 0.3) is 22.0 Å². The van der Waals surface area contributed by atoms with Crippen LogP contribution in [0.2, 0.25) is 0 Å². The fourth-order valence-corrected chi connectivity index (χ4v) is 5.60. The second-order valence-corrected chi connectivity index (χ2v) is 9.52. The number of anilines is 1. The number of halogens is 1. The molecule has 0 amide bonds. The Kier molecular flexibility index (Phi) is 5.54. The predicted octanol–water partition coefficient (Wildman–Crippen LogP) is 3.57. The lowest BCUT2D eigenvalue weighted by molar-refractivity contribution is 0.601. The van der Waals surface area contributed by atoms with Gasteiger partial charge in [0.15, 0.2) is 0 Å². The number of hydrogen-bond donors (Lipinski definition) is 2. The molecule has 156 valence electrons. The van der Waals surface area contributed by atoms with E-state index < -0.39 is 10.0 Å². The summed E-state index contributed by atoms with van der Waals surface area (Å²) in [4.78, 5) is 4.10. The van der Waals surface area contributed by atoms with Gasteiger partial charge in [-0.15, -0.1) is 12.4 Å². The van der Waals surface area contributed by atoms with Crippen LogP contribution in [-0.4, -0.2) is 28.9 Å². The number of nitrogens with one attached hydrogen (secondary N) is 2. The first-order valence-corrected chi connectivity index (χ1v) is 11.5. The molecule has 2 aromatic heterocycles. The molecule has 0 fully saturated rings. The highest BCUT2D eigenvalue weighted by Gasteiger charge is 2.20. The van der Waals surface area contributed by atoms with E-state index in [0.717, 1.165) is 47.5 Å². The summed E-state index contributed by atoms with van der Waals surface area (Å²) >= 11 is 1.00. The number of fused-ring (bicyclic) bond motifs is 2. The lowest BCUT2D eigenvalue weighted by Gasteiger charge is -2.20. The van der Waals surface area contributed by atoms with Crippen molar-refractivity contribution in [3.63, 3.8) is 0 Å². The second kappa shape index (κ2) is 7.99. The van der Waals surface area contributed by atoms with E-state index >= 15 is 0 Å². The molecule has 0 unspecified atom stereocenters. The average molecular weight is 462 g/mol. The molecule has 1 aliphatic rings. The van der Waals surface area contributed by atoms with Gasteiger partial charge in [0.2, 0.25) is 5.13 Å². The molecule has 7 nitrogen and oxygen atoms in total. The van der Waals surface area contributed by atoms with Gasteiger partial charge in [0.05, 0.1) is 4.90 Å². The summed E-state index contributed by atoms with van der Waals surface area (Å²) in [6.07, 6.45) is 4.39. The maximum absolute atomic E-state index is 12.7. The molecule has 0 spiro atoms. The Morgan fingerprint density at radius 2 is 2.07 bits per heavy atom. The van der Waals surface area contributed by atoms with Crippen molar-refractivity contribution in [2.75, 3.05) is 11.3 Å². The third kappa shape index (κ3) is 3.58. The van der Waals surface area contributed by atoms with Crippen LogP contribution in [0.3, 0.4) is 0 Å². The number of rotatable bonds is 4. The highest BCUT2D eigenvalue weighted by atomic mass is 35.5. The van der Waals surface area contributed by atoms with E-state index in [1.165, 1.54) is 23.0 Å². The molecule has 4 aromatic rings. The van der Waals surface area contributed by atoms with Gasteiger partial charge in [-0.1, -0.05) is 24.3 Å². The van der Waals surface area contributed by atoms with Gasteiger partial charge in [-0.3, -0.25) is 4.72 Å². The van der Waals surface area contributed by atoms with Crippen molar-refractivity contribution >= 4 is 50.0 Å². The molecule has 2 N–H and O–H groups in total. The largest absolute Gasteiger partial charge is 0.350 e. The third-order valence-electron chi connectivity index (χ3n) is 5.29. The fraction of sp³-hybridized carbons (Fsp3) is 0.200. The van der Waals surface area contributed by atoms with Crippen LogP contribution in [0.1, 0.15) is 11.1 Å². The minimum Gasteiger partial charge on any atom is -0.350 e. The van der Waals surface area contributed by atoms with E-state index in [1.54, 1.807) is 12.1 Å².